The molecule has 0 radical (unpaired) electrons. The fourth-order valence-electron chi connectivity index (χ4n) is 3.33. The molecule has 2 aliphatic rings. The van der Waals surface area contributed by atoms with E-state index in [9.17, 15) is 22.8 Å². The molecule has 2 unspecified atom stereocenters. The van der Waals surface area contributed by atoms with Crippen LogP contribution < -0.4 is 10.6 Å². The molecule has 0 saturated carbocycles. The summed E-state index contributed by atoms with van der Waals surface area (Å²) in [7, 11) is -3.68. The van der Waals surface area contributed by atoms with Crippen LogP contribution in [-0.4, -0.2) is 89.8 Å². The lowest BCUT2D eigenvalue weighted by molar-refractivity contribution is -0.132. The van der Waals surface area contributed by atoms with E-state index in [2.05, 4.69) is 20.6 Å². The molecule has 3 rings (SSSR count). The SMILES string of the molecule is CS(=O)(=O)N1CCN(C(=O)c2cncnc2)CC1C(=O)NC1CCCNC1=O. The summed E-state index contributed by atoms with van der Waals surface area (Å²) in [4.78, 5) is 46.4. The number of rotatable bonds is 4. The second-order valence-corrected chi connectivity index (χ2v) is 8.70. The fraction of sp³-hybridized carbons (Fsp3) is 0.562. The minimum atomic E-state index is -3.68. The normalized spacial score (nSPS) is 23.8. The number of sulfonamides is 1. The molecule has 2 N–H and O–H groups in total. The van der Waals surface area contributed by atoms with Gasteiger partial charge in [0, 0.05) is 38.6 Å². The van der Waals surface area contributed by atoms with E-state index in [1.165, 1.54) is 23.6 Å². The number of hydrogen-bond donors (Lipinski definition) is 2. The summed E-state index contributed by atoms with van der Waals surface area (Å²) in [5.41, 5.74) is 0.251. The minimum Gasteiger partial charge on any atom is -0.354 e. The van der Waals surface area contributed by atoms with E-state index < -0.39 is 28.0 Å². The van der Waals surface area contributed by atoms with E-state index in [1.807, 2.05) is 0 Å². The number of carbonyl (C=O) groups is 3. The molecule has 152 valence electrons. The van der Waals surface area contributed by atoms with Gasteiger partial charge in [0.2, 0.25) is 21.8 Å². The zero-order valence-electron chi connectivity index (χ0n) is 15.4. The average molecular weight is 410 g/mol. The van der Waals surface area contributed by atoms with Crippen LogP contribution in [0.25, 0.3) is 0 Å². The molecule has 0 bridgehead atoms. The average Bonchev–Trinajstić information content (AvgIpc) is 2.68. The van der Waals surface area contributed by atoms with Crippen LogP contribution in [0.1, 0.15) is 23.2 Å². The molecule has 1 aromatic rings. The van der Waals surface area contributed by atoms with Crippen molar-refractivity contribution in [1.82, 2.24) is 29.8 Å². The van der Waals surface area contributed by atoms with Crippen LogP contribution in [0.15, 0.2) is 18.7 Å². The first-order chi connectivity index (χ1) is 13.3. The van der Waals surface area contributed by atoms with Gasteiger partial charge < -0.3 is 15.5 Å². The Morgan fingerprint density at radius 1 is 1.25 bits per heavy atom. The fourth-order valence-corrected chi connectivity index (χ4v) is 4.37. The summed E-state index contributed by atoms with van der Waals surface area (Å²) in [5, 5.41) is 5.29. The third kappa shape index (κ3) is 4.44. The monoisotopic (exact) mass is 410 g/mol. The highest BCUT2D eigenvalue weighted by atomic mass is 32.2. The number of aromatic nitrogens is 2. The van der Waals surface area contributed by atoms with Crippen LogP contribution in [0.4, 0.5) is 0 Å². The molecule has 2 atom stereocenters. The van der Waals surface area contributed by atoms with E-state index in [4.69, 9.17) is 0 Å². The smallest absolute Gasteiger partial charge is 0.257 e. The summed E-state index contributed by atoms with van der Waals surface area (Å²) in [6.07, 6.45) is 6.23. The quantitative estimate of drug-likeness (QED) is 0.582. The van der Waals surface area contributed by atoms with Crippen molar-refractivity contribution in [1.29, 1.82) is 0 Å². The maximum absolute atomic E-state index is 12.8. The first kappa shape index (κ1) is 20.1. The molecule has 0 aromatic carbocycles. The van der Waals surface area contributed by atoms with Crippen LogP contribution in [-0.2, 0) is 19.6 Å². The number of carbonyl (C=O) groups excluding carboxylic acids is 3. The molecule has 3 amide bonds. The minimum absolute atomic E-state index is 0.0206. The largest absolute Gasteiger partial charge is 0.354 e. The van der Waals surface area contributed by atoms with Crippen LogP contribution in [0.3, 0.4) is 0 Å². The van der Waals surface area contributed by atoms with Crippen molar-refractivity contribution >= 4 is 27.7 Å². The van der Waals surface area contributed by atoms with E-state index in [0.717, 1.165) is 17.0 Å². The van der Waals surface area contributed by atoms with Gasteiger partial charge in [-0.2, -0.15) is 4.31 Å². The number of piperidine rings is 1. The Morgan fingerprint density at radius 3 is 2.61 bits per heavy atom. The van der Waals surface area contributed by atoms with E-state index in [-0.39, 0.29) is 37.0 Å². The zero-order valence-corrected chi connectivity index (χ0v) is 16.2. The zero-order chi connectivity index (χ0) is 20.3. The van der Waals surface area contributed by atoms with Gasteiger partial charge in [0.1, 0.15) is 18.4 Å². The lowest BCUT2D eigenvalue weighted by Gasteiger charge is -2.39. The number of amides is 3. The molecule has 0 aliphatic carbocycles. The molecule has 28 heavy (non-hydrogen) atoms. The van der Waals surface area contributed by atoms with Gasteiger partial charge in [-0.1, -0.05) is 0 Å². The Hall–Kier alpha value is -2.60. The summed E-state index contributed by atoms with van der Waals surface area (Å²) in [6.45, 7) is 0.536. The predicted octanol–water partition coefficient (Wildman–Crippen LogP) is -2.04. The van der Waals surface area contributed by atoms with Crippen LogP contribution >= 0.6 is 0 Å². The molecule has 1 aromatic heterocycles. The molecule has 11 nitrogen and oxygen atoms in total. The summed E-state index contributed by atoms with van der Waals surface area (Å²) in [5.74, 6) is -1.29. The summed E-state index contributed by atoms with van der Waals surface area (Å²) < 4.78 is 25.4. The van der Waals surface area contributed by atoms with Crippen molar-refractivity contribution < 1.29 is 22.8 Å². The van der Waals surface area contributed by atoms with Crippen molar-refractivity contribution in [3.8, 4) is 0 Å². The maximum atomic E-state index is 12.8. The van der Waals surface area contributed by atoms with Crippen LogP contribution in [0.5, 0.6) is 0 Å². The lowest BCUT2D eigenvalue weighted by atomic mass is 10.1. The number of nitrogens with one attached hydrogen (secondary N) is 2. The highest BCUT2D eigenvalue weighted by molar-refractivity contribution is 7.88. The summed E-state index contributed by atoms with van der Waals surface area (Å²) >= 11 is 0. The Kier molecular flexibility index (Phi) is 5.89. The van der Waals surface area contributed by atoms with Gasteiger partial charge in [-0.25, -0.2) is 18.4 Å². The van der Waals surface area contributed by atoms with Gasteiger partial charge in [0.25, 0.3) is 5.91 Å². The second kappa shape index (κ2) is 8.19. The maximum Gasteiger partial charge on any atom is 0.257 e. The van der Waals surface area contributed by atoms with Crippen molar-refractivity contribution in [3.05, 3.63) is 24.3 Å². The molecule has 2 saturated heterocycles. The third-order valence-electron chi connectivity index (χ3n) is 4.76. The highest BCUT2D eigenvalue weighted by Crippen LogP contribution is 2.17. The summed E-state index contributed by atoms with van der Waals surface area (Å²) in [6, 6.07) is -1.83. The Bertz CT molecular complexity index is 862. The number of nitrogens with zero attached hydrogens (tertiary/aromatic N) is 4. The molecule has 3 heterocycles. The van der Waals surface area contributed by atoms with Crippen molar-refractivity contribution in [2.45, 2.75) is 24.9 Å². The Labute approximate surface area is 162 Å². The van der Waals surface area contributed by atoms with Gasteiger partial charge in [0.15, 0.2) is 0 Å². The lowest BCUT2D eigenvalue weighted by Crippen LogP contribution is -2.63. The van der Waals surface area contributed by atoms with Gasteiger partial charge in [-0.05, 0) is 12.8 Å². The second-order valence-electron chi connectivity index (χ2n) is 6.76. The first-order valence-corrected chi connectivity index (χ1v) is 10.7. The molecular weight excluding hydrogens is 388 g/mol. The van der Waals surface area contributed by atoms with E-state index in [1.54, 1.807) is 0 Å². The standard InChI is InChI=1S/C16H22N6O5S/c1-28(26,27)22-6-5-21(16(25)11-7-17-10-18-8-11)9-13(22)15(24)20-12-3-2-4-19-14(12)23/h7-8,10,12-13H,2-6,9H2,1H3,(H,19,23)(H,20,24). The van der Waals surface area contributed by atoms with Crippen molar-refractivity contribution in [2.75, 3.05) is 32.4 Å². The molecule has 2 fully saturated rings. The van der Waals surface area contributed by atoms with Crippen molar-refractivity contribution in [2.24, 2.45) is 0 Å². The number of piperazine rings is 1. The van der Waals surface area contributed by atoms with Gasteiger partial charge in [-0.15, -0.1) is 0 Å². The Morgan fingerprint density at radius 2 is 1.96 bits per heavy atom. The molecule has 0 spiro atoms. The van der Waals surface area contributed by atoms with E-state index >= 15 is 0 Å². The molecular formula is C16H22N6O5S. The van der Waals surface area contributed by atoms with Crippen LogP contribution in [0, 0.1) is 0 Å². The number of hydrogen-bond acceptors (Lipinski definition) is 7. The van der Waals surface area contributed by atoms with Crippen LogP contribution in [0.2, 0.25) is 0 Å². The van der Waals surface area contributed by atoms with Gasteiger partial charge >= 0.3 is 0 Å². The van der Waals surface area contributed by atoms with Crippen molar-refractivity contribution in [3.63, 3.8) is 0 Å². The third-order valence-corrected chi connectivity index (χ3v) is 6.05. The van der Waals surface area contributed by atoms with Gasteiger partial charge in [-0.3, -0.25) is 14.4 Å². The Balaban J connectivity index is 1.78. The first-order valence-electron chi connectivity index (χ1n) is 8.86. The topological polar surface area (TPSA) is 142 Å². The molecule has 2 aliphatic heterocycles. The highest BCUT2D eigenvalue weighted by Gasteiger charge is 2.40. The molecule has 12 heteroatoms. The predicted molar refractivity (Wildman–Crippen MR) is 97.4 cm³/mol. The van der Waals surface area contributed by atoms with E-state index in [0.29, 0.717) is 13.0 Å². The van der Waals surface area contributed by atoms with Gasteiger partial charge in [0.05, 0.1) is 11.8 Å².